The smallest absolute Gasteiger partial charge is 0.410 e. The first-order valence-corrected chi connectivity index (χ1v) is 13.5. The standard InChI is InChI=1S/C30H36N4O4/c1-37-28(35)27-8-7-26(17-25(27)18-31)34-21-30(22-34)11-15-32(16-12-30)19-23-9-13-33(14-10-23)29(36)38-20-24-5-3-2-4-6-24/h2-8,17,23H,9-16,19-22H2,1H3. The summed E-state index contributed by atoms with van der Waals surface area (Å²) >= 11 is 0. The van der Waals surface area contributed by atoms with Gasteiger partial charge < -0.3 is 24.2 Å². The van der Waals surface area contributed by atoms with Crippen molar-refractivity contribution in [1.29, 1.82) is 5.26 Å². The molecule has 3 aliphatic rings. The monoisotopic (exact) mass is 516 g/mol. The molecule has 5 rings (SSSR count). The molecule has 38 heavy (non-hydrogen) atoms. The number of carbonyl (C=O) groups is 2. The van der Waals surface area contributed by atoms with Crippen LogP contribution in [0.3, 0.4) is 0 Å². The van der Waals surface area contributed by atoms with Gasteiger partial charge in [-0.3, -0.25) is 0 Å². The Morgan fingerprint density at radius 3 is 2.39 bits per heavy atom. The van der Waals surface area contributed by atoms with Crippen LogP contribution < -0.4 is 4.90 Å². The fourth-order valence-corrected chi connectivity index (χ4v) is 6.06. The third kappa shape index (κ3) is 5.78. The normalized spacial score (nSPS) is 19.5. The zero-order valence-electron chi connectivity index (χ0n) is 22.1. The Labute approximate surface area is 224 Å². The zero-order valence-corrected chi connectivity index (χ0v) is 22.1. The number of hydrogen-bond acceptors (Lipinski definition) is 7. The number of likely N-dealkylation sites (tertiary alicyclic amines) is 2. The zero-order chi connectivity index (χ0) is 26.5. The predicted molar refractivity (Wildman–Crippen MR) is 144 cm³/mol. The van der Waals surface area contributed by atoms with Crippen LogP contribution in [-0.4, -0.2) is 74.8 Å². The highest BCUT2D eigenvalue weighted by Gasteiger charge is 2.45. The maximum Gasteiger partial charge on any atom is 0.410 e. The Morgan fingerprint density at radius 2 is 1.74 bits per heavy atom. The Morgan fingerprint density at radius 1 is 1.03 bits per heavy atom. The van der Waals surface area contributed by atoms with Crippen LogP contribution in [0, 0.1) is 22.7 Å². The molecule has 200 valence electrons. The van der Waals surface area contributed by atoms with Gasteiger partial charge in [0.15, 0.2) is 0 Å². The molecule has 0 N–H and O–H groups in total. The number of carbonyl (C=O) groups excluding carboxylic acids is 2. The number of nitriles is 1. The average molecular weight is 517 g/mol. The summed E-state index contributed by atoms with van der Waals surface area (Å²) in [5.41, 5.74) is 3.03. The van der Waals surface area contributed by atoms with E-state index in [1.54, 1.807) is 12.1 Å². The van der Waals surface area contributed by atoms with E-state index in [1.165, 1.54) is 20.0 Å². The lowest BCUT2D eigenvalue weighted by atomic mass is 9.71. The van der Waals surface area contributed by atoms with Crippen LogP contribution in [0.15, 0.2) is 48.5 Å². The minimum Gasteiger partial charge on any atom is -0.465 e. The molecule has 1 spiro atoms. The molecule has 8 nitrogen and oxygen atoms in total. The Balaban J connectivity index is 1.03. The number of methoxy groups -OCH3 is 1. The SMILES string of the molecule is COC(=O)c1ccc(N2CC3(CCN(CC4CCN(C(=O)OCc5ccccc5)CC4)CC3)C2)cc1C#N. The number of nitrogens with zero attached hydrogens (tertiary/aromatic N) is 4. The van der Waals surface area contributed by atoms with Gasteiger partial charge in [0.05, 0.1) is 18.2 Å². The molecular formula is C30H36N4O4. The first kappa shape index (κ1) is 26.1. The number of benzene rings is 2. The molecule has 0 atom stereocenters. The second-order valence-electron chi connectivity index (χ2n) is 11.0. The van der Waals surface area contributed by atoms with E-state index in [0.717, 1.165) is 69.9 Å². The molecule has 0 aromatic heterocycles. The van der Waals surface area contributed by atoms with Crippen molar-refractivity contribution in [3.63, 3.8) is 0 Å². The molecule has 0 bridgehead atoms. The van der Waals surface area contributed by atoms with Gasteiger partial charge in [-0.25, -0.2) is 9.59 Å². The molecule has 0 unspecified atom stereocenters. The van der Waals surface area contributed by atoms with Crippen molar-refractivity contribution < 1.29 is 19.1 Å². The highest BCUT2D eigenvalue weighted by atomic mass is 16.6. The van der Waals surface area contributed by atoms with Gasteiger partial charge in [-0.15, -0.1) is 0 Å². The first-order valence-electron chi connectivity index (χ1n) is 13.5. The van der Waals surface area contributed by atoms with Crippen LogP contribution in [0.1, 0.15) is 47.2 Å². The minimum absolute atomic E-state index is 0.205. The number of piperidine rings is 2. The molecule has 0 radical (unpaired) electrons. The molecular weight excluding hydrogens is 480 g/mol. The first-order chi connectivity index (χ1) is 18.5. The summed E-state index contributed by atoms with van der Waals surface area (Å²) in [6, 6.07) is 17.4. The highest BCUT2D eigenvalue weighted by molar-refractivity contribution is 5.92. The lowest BCUT2D eigenvalue weighted by molar-refractivity contribution is 0.0516. The van der Waals surface area contributed by atoms with Gasteiger partial charge >= 0.3 is 12.1 Å². The second-order valence-corrected chi connectivity index (χ2v) is 11.0. The van der Waals surface area contributed by atoms with E-state index in [1.807, 2.05) is 41.3 Å². The van der Waals surface area contributed by atoms with Gasteiger partial charge in [0.1, 0.15) is 12.7 Å². The number of rotatable bonds is 6. The van der Waals surface area contributed by atoms with Crippen molar-refractivity contribution in [2.24, 2.45) is 11.3 Å². The average Bonchev–Trinajstić information content (AvgIpc) is 2.95. The summed E-state index contributed by atoms with van der Waals surface area (Å²) < 4.78 is 10.3. The highest BCUT2D eigenvalue weighted by Crippen LogP contribution is 2.43. The van der Waals surface area contributed by atoms with E-state index in [4.69, 9.17) is 9.47 Å². The number of esters is 1. The maximum absolute atomic E-state index is 12.5. The van der Waals surface area contributed by atoms with Crippen molar-refractivity contribution in [3.05, 3.63) is 65.2 Å². The topological polar surface area (TPSA) is 86.1 Å². The second kappa shape index (κ2) is 11.4. The minimum atomic E-state index is -0.478. The van der Waals surface area contributed by atoms with E-state index >= 15 is 0 Å². The molecule has 1 amide bonds. The van der Waals surface area contributed by atoms with Crippen molar-refractivity contribution >= 4 is 17.7 Å². The van der Waals surface area contributed by atoms with E-state index in [2.05, 4.69) is 15.9 Å². The van der Waals surface area contributed by atoms with Gasteiger partial charge in [0.25, 0.3) is 0 Å². The Hall–Kier alpha value is -3.57. The van der Waals surface area contributed by atoms with E-state index in [9.17, 15) is 14.9 Å². The Bertz CT molecular complexity index is 1170. The quantitative estimate of drug-likeness (QED) is 0.529. The molecule has 0 saturated carbocycles. The molecule has 3 heterocycles. The molecule has 2 aromatic rings. The molecule has 3 aliphatic heterocycles. The fraction of sp³-hybridized carbons (Fsp3) is 0.500. The lowest BCUT2D eigenvalue weighted by Crippen LogP contribution is -2.60. The molecule has 3 saturated heterocycles. The van der Waals surface area contributed by atoms with Crippen LogP contribution in [0.25, 0.3) is 0 Å². The van der Waals surface area contributed by atoms with Crippen LogP contribution >= 0.6 is 0 Å². The molecule has 2 aromatic carbocycles. The largest absolute Gasteiger partial charge is 0.465 e. The third-order valence-corrected chi connectivity index (χ3v) is 8.46. The van der Waals surface area contributed by atoms with Crippen molar-refractivity contribution in [2.75, 3.05) is 57.8 Å². The van der Waals surface area contributed by atoms with Crippen molar-refractivity contribution in [1.82, 2.24) is 9.80 Å². The van der Waals surface area contributed by atoms with E-state index in [0.29, 0.717) is 29.1 Å². The van der Waals surface area contributed by atoms with E-state index in [-0.39, 0.29) is 6.09 Å². The fourth-order valence-electron chi connectivity index (χ4n) is 6.06. The molecule has 8 heteroatoms. The van der Waals surface area contributed by atoms with Crippen molar-refractivity contribution in [2.45, 2.75) is 32.3 Å². The van der Waals surface area contributed by atoms with Gasteiger partial charge in [0, 0.05) is 43.8 Å². The van der Waals surface area contributed by atoms with Crippen LogP contribution in [-0.2, 0) is 16.1 Å². The summed E-state index contributed by atoms with van der Waals surface area (Å²) in [5, 5.41) is 9.47. The summed E-state index contributed by atoms with van der Waals surface area (Å²) in [4.78, 5) is 31.1. The van der Waals surface area contributed by atoms with Crippen LogP contribution in [0.5, 0.6) is 0 Å². The summed E-state index contributed by atoms with van der Waals surface area (Å²) in [6.07, 6.45) is 4.21. The number of anilines is 1. The van der Waals surface area contributed by atoms with Gasteiger partial charge in [-0.2, -0.15) is 5.26 Å². The summed E-state index contributed by atoms with van der Waals surface area (Å²) in [7, 11) is 1.33. The third-order valence-electron chi connectivity index (χ3n) is 8.46. The van der Waals surface area contributed by atoms with Crippen LogP contribution in [0.4, 0.5) is 10.5 Å². The van der Waals surface area contributed by atoms with E-state index < -0.39 is 5.97 Å². The number of amides is 1. The van der Waals surface area contributed by atoms with Gasteiger partial charge in [0.2, 0.25) is 0 Å². The lowest BCUT2D eigenvalue weighted by Gasteiger charge is -2.55. The molecule has 0 aliphatic carbocycles. The molecule has 3 fully saturated rings. The van der Waals surface area contributed by atoms with Gasteiger partial charge in [-0.05, 0) is 68.5 Å². The van der Waals surface area contributed by atoms with Gasteiger partial charge in [-0.1, -0.05) is 30.3 Å². The maximum atomic E-state index is 12.5. The van der Waals surface area contributed by atoms with Crippen molar-refractivity contribution in [3.8, 4) is 6.07 Å². The number of ether oxygens (including phenoxy) is 2. The van der Waals surface area contributed by atoms with Crippen LogP contribution in [0.2, 0.25) is 0 Å². The summed E-state index contributed by atoms with van der Waals surface area (Å²) in [6.45, 7) is 7.17. The predicted octanol–water partition coefficient (Wildman–Crippen LogP) is 4.30. The summed E-state index contributed by atoms with van der Waals surface area (Å²) in [5.74, 6) is 0.145. The Kier molecular flexibility index (Phi) is 7.85. The number of hydrogen-bond donors (Lipinski definition) is 0.